The number of nitrogens with zero attached hydrogens (tertiary/aromatic N) is 2. The Bertz CT molecular complexity index is 1230. The third kappa shape index (κ3) is 6.89. The van der Waals surface area contributed by atoms with Gasteiger partial charge in [0.15, 0.2) is 0 Å². The Kier molecular flexibility index (Phi) is 9.20. The molecule has 2 aromatic rings. The molecule has 10 nitrogen and oxygen atoms in total. The second-order valence-electron chi connectivity index (χ2n) is 8.38. The number of hydrogen-bond donors (Lipinski definition) is 1. The molecule has 12 heteroatoms. The number of carbonyl (C=O) groups is 1. The van der Waals surface area contributed by atoms with E-state index in [2.05, 4.69) is 5.32 Å². The highest BCUT2D eigenvalue weighted by Gasteiger charge is 2.29. The number of rotatable bonds is 12. The van der Waals surface area contributed by atoms with Gasteiger partial charge < -0.3 is 14.8 Å². The van der Waals surface area contributed by atoms with E-state index in [0.29, 0.717) is 36.9 Å². The number of carbonyl (C=O) groups excluding carboxylic acids is 1. The van der Waals surface area contributed by atoms with Gasteiger partial charge in [-0.3, -0.25) is 9.10 Å². The molecule has 1 unspecified atom stereocenters. The SMILES string of the molecule is CCOc1ccc(N(C(C)C(=O)NCCOc2ccc(S(=O)(=O)N3CCCC3)cc2)S(C)(=O)=O)cc1. The van der Waals surface area contributed by atoms with Gasteiger partial charge in [-0.05, 0) is 75.2 Å². The van der Waals surface area contributed by atoms with E-state index in [1.165, 1.54) is 23.4 Å². The predicted octanol–water partition coefficient (Wildman–Crippen LogP) is 2.22. The van der Waals surface area contributed by atoms with Crippen molar-refractivity contribution < 1.29 is 31.1 Å². The van der Waals surface area contributed by atoms with Crippen LogP contribution in [0.15, 0.2) is 53.4 Å². The van der Waals surface area contributed by atoms with Gasteiger partial charge in [0.2, 0.25) is 26.0 Å². The summed E-state index contributed by atoms with van der Waals surface area (Å²) in [5.41, 5.74) is 0.351. The van der Waals surface area contributed by atoms with E-state index < -0.39 is 32.0 Å². The summed E-state index contributed by atoms with van der Waals surface area (Å²) in [7, 11) is -7.23. The molecule has 0 aromatic heterocycles. The molecule has 1 amide bonds. The number of sulfonamides is 2. The molecular formula is C24H33N3O7S2. The monoisotopic (exact) mass is 539 g/mol. The number of nitrogens with one attached hydrogen (secondary N) is 1. The van der Waals surface area contributed by atoms with Gasteiger partial charge in [-0.2, -0.15) is 4.31 Å². The van der Waals surface area contributed by atoms with Crippen LogP contribution in [-0.4, -0.2) is 72.2 Å². The molecular weight excluding hydrogens is 506 g/mol. The summed E-state index contributed by atoms with van der Waals surface area (Å²) < 4.78 is 63.6. The Hall–Kier alpha value is -2.83. The molecule has 0 spiro atoms. The summed E-state index contributed by atoms with van der Waals surface area (Å²) >= 11 is 0. The van der Waals surface area contributed by atoms with Gasteiger partial charge in [-0.15, -0.1) is 0 Å². The lowest BCUT2D eigenvalue weighted by atomic mass is 10.2. The van der Waals surface area contributed by atoms with Crippen LogP contribution < -0.4 is 19.1 Å². The van der Waals surface area contributed by atoms with Gasteiger partial charge in [0.1, 0.15) is 24.1 Å². The van der Waals surface area contributed by atoms with Gasteiger partial charge in [0, 0.05) is 13.1 Å². The fourth-order valence-corrected chi connectivity index (χ4v) is 6.63. The van der Waals surface area contributed by atoms with Gasteiger partial charge in [0.25, 0.3) is 0 Å². The maximum absolute atomic E-state index is 12.7. The van der Waals surface area contributed by atoms with Crippen molar-refractivity contribution in [1.29, 1.82) is 0 Å². The Balaban J connectivity index is 1.54. The lowest BCUT2D eigenvalue weighted by Crippen LogP contribution is -2.48. The minimum Gasteiger partial charge on any atom is -0.494 e. The van der Waals surface area contributed by atoms with Crippen LogP contribution in [0.2, 0.25) is 0 Å². The predicted molar refractivity (Wildman–Crippen MR) is 137 cm³/mol. The number of hydrogen-bond acceptors (Lipinski definition) is 7. The average molecular weight is 540 g/mol. The van der Waals surface area contributed by atoms with E-state index >= 15 is 0 Å². The molecule has 3 rings (SSSR count). The largest absolute Gasteiger partial charge is 0.494 e. The quantitative estimate of drug-likeness (QED) is 0.411. The molecule has 0 radical (unpaired) electrons. The zero-order valence-electron chi connectivity index (χ0n) is 20.7. The topological polar surface area (TPSA) is 122 Å². The lowest BCUT2D eigenvalue weighted by Gasteiger charge is -2.28. The van der Waals surface area contributed by atoms with Crippen LogP contribution in [0.4, 0.5) is 5.69 Å². The van der Waals surface area contributed by atoms with Crippen LogP contribution in [-0.2, 0) is 24.8 Å². The summed E-state index contributed by atoms with van der Waals surface area (Å²) in [6, 6.07) is 11.6. The highest BCUT2D eigenvalue weighted by molar-refractivity contribution is 7.92. The summed E-state index contributed by atoms with van der Waals surface area (Å²) in [6.45, 7) is 5.17. The third-order valence-corrected chi connectivity index (χ3v) is 8.84. The molecule has 1 N–H and O–H groups in total. The van der Waals surface area contributed by atoms with E-state index in [0.717, 1.165) is 23.4 Å². The van der Waals surface area contributed by atoms with Crippen molar-refractivity contribution in [1.82, 2.24) is 9.62 Å². The van der Waals surface area contributed by atoms with E-state index in [4.69, 9.17) is 9.47 Å². The summed E-state index contributed by atoms with van der Waals surface area (Å²) in [6.07, 6.45) is 2.78. The first-order valence-electron chi connectivity index (χ1n) is 11.8. The van der Waals surface area contributed by atoms with E-state index in [1.807, 2.05) is 6.92 Å². The molecule has 0 bridgehead atoms. The maximum atomic E-state index is 12.7. The van der Waals surface area contributed by atoms with Gasteiger partial charge >= 0.3 is 0 Å². The standard InChI is InChI=1S/C24H33N3O7S2/c1-4-33-21-9-7-20(8-10-21)27(35(3,29)30)19(2)24(28)25-15-18-34-22-11-13-23(14-12-22)36(31,32)26-16-5-6-17-26/h7-14,19H,4-6,15-18H2,1-3H3,(H,25,28). The van der Waals surface area contributed by atoms with Crippen LogP contribution in [0.1, 0.15) is 26.7 Å². The number of benzene rings is 2. The van der Waals surface area contributed by atoms with Gasteiger partial charge in [0.05, 0.1) is 30.0 Å². The number of ether oxygens (including phenoxy) is 2. The zero-order chi connectivity index (χ0) is 26.3. The molecule has 1 atom stereocenters. The van der Waals surface area contributed by atoms with Crippen molar-refractivity contribution in [3.05, 3.63) is 48.5 Å². The van der Waals surface area contributed by atoms with Gasteiger partial charge in [-0.25, -0.2) is 16.8 Å². The van der Waals surface area contributed by atoms with Crippen molar-refractivity contribution in [2.24, 2.45) is 0 Å². The van der Waals surface area contributed by atoms with Crippen LogP contribution in [0.3, 0.4) is 0 Å². The molecule has 0 aliphatic carbocycles. The molecule has 1 heterocycles. The van der Waals surface area contributed by atoms with E-state index in [-0.39, 0.29) is 18.0 Å². The Morgan fingerprint density at radius 2 is 1.53 bits per heavy atom. The highest BCUT2D eigenvalue weighted by atomic mass is 32.2. The fourth-order valence-electron chi connectivity index (χ4n) is 3.94. The lowest BCUT2D eigenvalue weighted by molar-refractivity contribution is -0.121. The first kappa shape index (κ1) is 27.8. The minimum absolute atomic E-state index is 0.124. The van der Waals surface area contributed by atoms with Crippen molar-refractivity contribution >= 4 is 31.6 Å². The molecule has 36 heavy (non-hydrogen) atoms. The van der Waals surface area contributed by atoms with Crippen LogP contribution >= 0.6 is 0 Å². The Morgan fingerprint density at radius 3 is 2.08 bits per heavy atom. The van der Waals surface area contributed by atoms with Crippen molar-refractivity contribution in [2.75, 3.05) is 43.4 Å². The van der Waals surface area contributed by atoms with Gasteiger partial charge in [-0.1, -0.05) is 0 Å². The zero-order valence-corrected chi connectivity index (χ0v) is 22.3. The molecule has 1 aliphatic rings. The maximum Gasteiger partial charge on any atom is 0.243 e. The summed E-state index contributed by atoms with van der Waals surface area (Å²) in [5.74, 6) is 0.584. The fraction of sp³-hybridized carbons (Fsp3) is 0.458. The smallest absolute Gasteiger partial charge is 0.243 e. The minimum atomic E-state index is -3.74. The summed E-state index contributed by atoms with van der Waals surface area (Å²) in [5, 5.41) is 2.68. The first-order chi connectivity index (χ1) is 17.0. The molecule has 1 fully saturated rings. The van der Waals surface area contributed by atoms with Crippen LogP contribution in [0.5, 0.6) is 11.5 Å². The van der Waals surface area contributed by atoms with Crippen molar-refractivity contribution in [3.63, 3.8) is 0 Å². The van der Waals surface area contributed by atoms with Crippen LogP contribution in [0, 0.1) is 0 Å². The molecule has 198 valence electrons. The highest BCUT2D eigenvalue weighted by Crippen LogP contribution is 2.25. The summed E-state index contributed by atoms with van der Waals surface area (Å²) in [4.78, 5) is 12.9. The Morgan fingerprint density at radius 1 is 0.972 bits per heavy atom. The Labute approximate surface area is 213 Å². The van der Waals surface area contributed by atoms with Crippen molar-refractivity contribution in [3.8, 4) is 11.5 Å². The number of anilines is 1. The second-order valence-corrected chi connectivity index (χ2v) is 12.2. The molecule has 0 saturated carbocycles. The second kappa shape index (κ2) is 11.9. The molecule has 1 saturated heterocycles. The normalized spacial score (nSPS) is 15.3. The average Bonchev–Trinajstić information content (AvgIpc) is 3.39. The third-order valence-electron chi connectivity index (χ3n) is 5.69. The van der Waals surface area contributed by atoms with E-state index in [9.17, 15) is 21.6 Å². The molecule has 2 aromatic carbocycles. The number of amides is 1. The first-order valence-corrected chi connectivity index (χ1v) is 15.1. The molecule has 1 aliphatic heterocycles. The van der Waals surface area contributed by atoms with Crippen molar-refractivity contribution in [2.45, 2.75) is 37.6 Å². The van der Waals surface area contributed by atoms with Crippen LogP contribution in [0.25, 0.3) is 0 Å². The van der Waals surface area contributed by atoms with E-state index in [1.54, 1.807) is 36.4 Å².